The van der Waals surface area contributed by atoms with Gasteiger partial charge >= 0.3 is 0 Å². The summed E-state index contributed by atoms with van der Waals surface area (Å²) in [7, 11) is 0. The van der Waals surface area contributed by atoms with E-state index in [9.17, 15) is 5.26 Å². The highest BCUT2D eigenvalue weighted by Crippen LogP contribution is 2.39. The predicted octanol–water partition coefficient (Wildman–Crippen LogP) is 13.1. The van der Waals surface area contributed by atoms with Gasteiger partial charge < -0.3 is 9.88 Å². The summed E-state index contributed by atoms with van der Waals surface area (Å²) in [5.41, 5.74) is 15.2. The van der Waals surface area contributed by atoms with Gasteiger partial charge in [0.2, 0.25) is 0 Å². The Balaban J connectivity index is 1.13. The molecule has 9 rings (SSSR count). The molecule has 0 aliphatic rings. The molecule has 244 valence electrons. The molecule has 0 aliphatic carbocycles. The minimum atomic E-state index is 0.656. The first-order valence-corrected chi connectivity index (χ1v) is 17.5. The molecule has 1 aromatic heterocycles. The van der Waals surface area contributed by atoms with Gasteiger partial charge in [0, 0.05) is 33.4 Å². The molecule has 0 unspecified atom stereocenters. The molecule has 0 bridgehead atoms. The highest BCUT2D eigenvalue weighted by atomic mass is 15.0. The second-order valence-corrected chi connectivity index (χ2v) is 13.0. The first-order valence-electron chi connectivity index (χ1n) is 17.5. The van der Waals surface area contributed by atoms with Crippen LogP contribution in [0.3, 0.4) is 0 Å². The van der Waals surface area contributed by atoms with Crippen molar-refractivity contribution in [3.05, 3.63) is 200 Å². The molecular weight excluding hydrogens is 631 g/mol. The van der Waals surface area contributed by atoms with Crippen molar-refractivity contribution >= 4 is 33.2 Å². The average Bonchev–Trinajstić information content (AvgIpc) is 3.55. The molecule has 0 spiro atoms. The number of nitrogens with zero attached hydrogens (tertiary/aromatic N) is 2. The summed E-state index contributed by atoms with van der Waals surface area (Å²) in [6.45, 7) is 0. The minimum Gasteiger partial charge on any atom is -0.355 e. The normalized spacial score (nSPS) is 11.1. The summed E-state index contributed by atoms with van der Waals surface area (Å²) >= 11 is 0. The largest absolute Gasteiger partial charge is 0.355 e. The Hall–Kier alpha value is -7.15. The number of nitriles is 1. The fourth-order valence-electron chi connectivity index (χ4n) is 7.28. The number of aromatic nitrogens is 1. The fraction of sp³-hybridized carbons (Fsp3) is 0. The molecule has 1 heterocycles. The number of benzene rings is 8. The number of para-hydroxylation sites is 1. The topological polar surface area (TPSA) is 40.8 Å². The van der Waals surface area contributed by atoms with Crippen molar-refractivity contribution in [2.24, 2.45) is 0 Å². The smallest absolute Gasteiger partial charge is 0.0991 e. The van der Waals surface area contributed by atoms with E-state index in [1.807, 2.05) is 24.3 Å². The molecular formula is C49H33N3. The van der Waals surface area contributed by atoms with Crippen LogP contribution >= 0.6 is 0 Å². The highest BCUT2D eigenvalue weighted by Gasteiger charge is 2.15. The van der Waals surface area contributed by atoms with Gasteiger partial charge in [0.05, 0.1) is 22.7 Å². The quantitative estimate of drug-likeness (QED) is 0.184. The Labute approximate surface area is 303 Å². The maximum atomic E-state index is 9.49. The maximum absolute atomic E-state index is 9.49. The molecule has 3 nitrogen and oxygen atoms in total. The zero-order chi connectivity index (χ0) is 34.9. The van der Waals surface area contributed by atoms with Gasteiger partial charge in [-0.2, -0.15) is 5.26 Å². The van der Waals surface area contributed by atoms with Gasteiger partial charge in [-0.1, -0.05) is 127 Å². The van der Waals surface area contributed by atoms with Crippen LogP contribution in [-0.4, -0.2) is 4.57 Å². The molecule has 8 aromatic carbocycles. The average molecular weight is 664 g/mol. The van der Waals surface area contributed by atoms with Crippen molar-refractivity contribution in [1.82, 2.24) is 4.57 Å². The van der Waals surface area contributed by atoms with Crippen molar-refractivity contribution in [3.8, 4) is 56.3 Å². The van der Waals surface area contributed by atoms with Gasteiger partial charge in [0.1, 0.15) is 0 Å². The molecule has 0 saturated carbocycles. The van der Waals surface area contributed by atoms with Crippen LogP contribution in [0, 0.1) is 11.3 Å². The lowest BCUT2D eigenvalue weighted by atomic mass is 9.96. The van der Waals surface area contributed by atoms with Crippen LogP contribution in [-0.2, 0) is 0 Å². The van der Waals surface area contributed by atoms with E-state index in [-0.39, 0.29) is 0 Å². The zero-order valence-corrected chi connectivity index (χ0v) is 28.4. The van der Waals surface area contributed by atoms with Crippen LogP contribution in [0.25, 0.3) is 72.0 Å². The van der Waals surface area contributed by atoms with E-state index in [0.29, 0.717) is 5.56 Å². The minimum absolute atomic E-state index is 0.656. The van der Waals surface area contributed by atoms with Crippen molar-refractivity contribution in [2.75, 3.05) is 5.32 Å². The van der Waals surface area contributed by atoms with Crippen molar-refractivity contribution in [3.63, 3.8) is 0 Å². The van der Waals surface area contributed by atoms with Crippen molar-refractivity contribution in [1.29, 1.82) is 5.26 Å². The van der Waals surface area contributed by atoms with Gasteiger partial charge in [-0.3, -0.25) is 0 Å². The van der Waals surface area contributed by atoms with Crippen molar-refractivity contribution < 1.29 is 0 Å². The van der Waals surface area contributed by atoms with E-state index in [0.717, 1.165) is 61.5 Å². The number of hydrogen-bond donors (Lipinski definition) is 1. The number of rotatable bonds is 7. The lowest BCUT2D eigenvalue weighted by Gasteiger charge is -2.16. The summed E-state index contributed by atoms with van der Waals surface area (Å²) in [4.78, 5) is 0. The van der Waals surface area contributed by atoms with Crippen LogP contribution in [0.2, 0.25) is 0 Å². The Bertz CT molecular complexity index is 2770. The molecule has 0 saturated heterocycles. The summed E-state index contributed by atoms with van der Waals surface area (Å²) < 4.78 is 2.35. The van der Waals surface area contributed by atoms with Gasteiger partial charge in [-0.25, -0.2) is 0 Å². The Kier molecular flexibility index (Phi) is 7.89. The summed E-state index contributed by atoms with van der Waals surface area (Å²) in [5.74, 6) is 0. The molecule has 3 heteroatoms. The van der Waals surface area contributed by atoms with E-state index < -0.39 is 0 Å². The van der Waals surface area contributed by atoms with Crippen molar-refractivity contribution in [2.45, 2.75) is 0 Å². The predicted molar refractivity (Wildman–Crippen MR) is 217 cm³/mol. The SMILES string of the molecule is N#Cc1cccc(-c2cccc(-n3c4ccccc4c4cc(-c5ccc(Nc6cccc(-c7ccccc7)c6)c(-c6ccccc6)c5)ccc43)c2)c1. The molecule has 0 amide bonds. The number of nitrogens with one attached hydrogen (secondary N) is 1. The first kappa shape index (κ1) is 30.9. The molecule has 1 N–H and O–H groups in total. The second-order valence-electron chi connectivity index (χ2n) is 13.0. The fourth-order valence-corrected chi connectivity index (χ4v) is 7.28. The Morgan fingerprint density at radius 2 is 1.00 bits per heavy atom. The molecule has 0 fully saturated rings. The number of hydrogen-bond acceptors (Lipinski definition) is 2. The van der Waals surface area contributed by atoms with Crippen LogP contribution in [0.5, 0.6) is 0 Å². The van der Waals surface area contributed by atoms with Crippen LogP contribution in [0.1, 0.15) is 5.56 Å². The van der Waals surface area contributed by atoms with Crippen LogP contribution in [0.15, 0.2) is 194 Å². The van der Waals surface area contributed by atoms with E-state index in [2.05, 4.69) is 186 Å². The van der Waals surface area contributed by atoms with Gasteiger partial charge in [-0.05, 0) is 106 Å². The van der Waals surface area contributed by atoms with Gasteiger partial charge in [0.25, 0.3) is 0 Å². The summed E-state index contributed by atoms with van der Waals surface area (Å²) in [5, 5.41) is 15.6. The van der Waals surface area contributed by atoms with Gasteiger partial charge in [0.15, 0.2) is 0 Å². The Morgan fingerprint density at radius 3 is 1.81 bits per heavy atom. The van der Waals surface area contributed by atoms with Gasteiger partial charge in [-0.15, -0.1) is 0 Å². The maximum Gasteiger partial charge on any atom is 0.0991 e. The molecule has 0 aliphatic heterocycles. The third kappa shape index (κ3) is 5.79. The monoisotopic (exact) mass is 663 g/mol. The van der Waals surface area contributed by atoms with E-state index in [4.69, 9.17) is 0 Å². The zero-order valence-electron chi connectivity index (χ0n) is 28.4. The van der Waals surface area contributed by atoms with E-state index >= 15 is 0 Å². The second kappa shape index (κ2) is 13.3. The number of anilines is 2. The lowest BCUT2D eigenvalue weighted by molar-refractivity contribution is 1.18. The molecule has 9 aromatic rings. The first-order chi connectivity index (χ1) is 25.7. The third-order valence-electron chi connectivity index (χ3n) is 9.79. The van der Waals surface area contributed by atoms with Crippen LogP contribution < -0.4 is 5.32 Å². The summed E-state index contributed by atoms with van der Waals surface area (Å²) in [6.07, 6.45) is 0. The lowest BCUT2D eigenvalue weighted by Crippen LogP contribution is -1.95. The molecule has 0 atom stereocenters. The summed E-state index contributed by atoms with van der Waals surface area (Å²) in [6, 6.07) is 70.5. The third-order valence-corrected chi connectivity index (χ3v) is 9.79. The van der Waals surface area contributed by atoms with Crippen LogP contribution in [0.4, 0.5) is 11.4 Å². The molecule has 52 heavy (non-hydrogen) atoms. The molecule has 0 radical (unpaired) electrons. The standard InChI is InChI=1S/C49H33N3/c50-33-34-12-9-17-37(28-34)39-19-11-21-43(30-39)52-48-23-8-7-22-44(48)46-32-41(25-27-49(46)52)40-24-26-47(45(31-40)36-15-5-2-6-16-36)51-42-20-10-18-38(29-42)35-13-3-1-4-14-35/h1-32,51H. The number of fused-ring (bicyclic) bond motifs is 3. The highest BCUT2D eigenvalue weighted by molar-refractivity contribution is 6.10. The van der Waals surface area contributed by atoms with E-state index in [1.54, 1.807) is 0 Å². The van der Waals surface area contributed by atoms with E-state index in [1.165, 1.54) is 21.9 Å². The Morgan fingerprint density at radius 1 is 0.404 bits per heavy atom.